The lowest BCUT2D eigenvalue weighted by atomic mass is 10.1. The van der Waals surface area contributed by atoms with Crippen LogP contribution in [0.1, 0.15) is 32.8 Å². The number of nitrogens with one attached hydrogen (secondary N) is 1. The molecule has 1 aromatic heterocycles. The van der Waals surface area contributed by atoms with Crippen molar-refractivity contribution in [2.45, 2.75) is 45.8 Å². The molecular formula is C13H23NOS. The molecule has 1 aromatic rings. The highest BCUT2D eigenvalue weighted by Gasteiger charge is 2.02. The Kier molecular flexibility index (Phi) is 6.69. The third-order valence-corrected chi connectivity index (χ3v) is 3.12. The highest BCUT2D eigenvalue weighted by molar-refractivity contribution is 7.07. The fourth-order valence-corrected chi connectivity index (χ4v) is 2.26. The van der Waals surface area contributed by atoms with Crippen molar-refractivity contribution in [1.82, 2.24) is 5.32 Å². The third kappa shape index (κ3) is 6.26. The molecule has 0 aliphatic carbocycles. The summed E-state index contributed by atoms with van der Waals surface area (Å²) in [6, 6.07) is 2.75. The van der Waals surface area contributed by atoms with Crippen molar-refractivity contribution in [3.05, 3.63) is 22.4 Å². The Labute approximate surface area is 103 Å². The Morgan fingerprint density at radius 2 is 2.19 bits per heavy atom. The van der Waals surface area contributed by atoms with Crippen molar-refractivity contribution in [2.24, 2.45) is 0 Å². The average molecular weight is 241 g/mol. The number of hydrogen-bond acceptors (Lipinski definition) is 3. The van der Waals surface area contributed by atoms with Crippen LogP contribution in [0, 0.1) is 0 Å². The maximum absolute atomic E-state index is 5.49. The van der Waals surface area contributed by atoms with Crippen LogP contribution in [0.3, 0.4) is 0 Å². The fraction of sp³-hybridized carbons (Fsp3) is 0.692. The van der Waals surface area contributed by atoms with Gasteiger partial charge in [0.15, 0.2) is 0 Å². The molecule has 1 heterocycles. The molecule has 0 aromatic carbocycles. The van der Waals surface area contributed by atoms with E-state index in [0.717, 1.165) is 26.0 Å². The van der Waals surface area contributed by atoms with Crippen LogP contribution in [0.4, 0.5) is 0 Å². The van der Waals surface area contributed by atoms with Crippen LogP contribution in [0.25, 0.3) is 0 Å². The highest BCUT2D eigenvalue weighted by Crippen LogP contribution is 2.08. The number of hydrogen-bond donors (Lipinski definition) is 1. The summed E-state index contributed by atoms with van der Waals surface area (Å²) in [5.74, 6) is 0. The quantitative estimate of drug-likeness (QED) is 0.706. The average Bonchev–Trinajstić information content (AvgIpc) is 2.69. The molecule has 92 valence electrons. The van der Waals surface area contributed by atoms with E-state index in [4.69, 9.17) is 4.74 Å². The van der Waals surface area contributed by atoms with Gasteiger partial charge in [-0.15, -0.1) is 0 Å². The van der Waals surface area contributed by atoms with Gasteiger partial charge in [-0.3, -0.25) is 0 Å². The van der Waals surface area contributed by atoms with E-state index in [0.29, 0.717) is 12.1 Å². The molecule has 0 radical (unpaired) electrons. The van der Waals surface area contributed by atoms with E-state index in [9.17, 15) is 0 Å². The maximum Gasteiger partial charge on any atom is 0.0518 e. The predicted octanol–water partition coefficient (Wildman–Crippen LogP) is 3.08. The zero-order valence-electron chi connectivity index (χ0n) is 10.5. The van der Waals surface area contributed by atoms with Crippen LogP contribution in [0.5, 0.6) is 0 Å². The first kappa shape index (κ1) is 13.7. The molecule has 0 fully saturated rings. The van der Waals surface area contributed by atoms with E-state index >= 15 is 0 Å². The monoisotopic (exact) mass is 241 g/mol. The van der Waals surface area contributed by atoms with E-state index in [2.05, 4.69) is 42.9 Å². The molecule has 0 spiro atoms. The van der Waals surface area contributed by atoms with Gasteiger partial charge >= 0.3 is 0 Å². The Balaban J connectivity index is 2.00. The summed E-state index contributed by atoms with van der Waals surface area (Å²) in [5, 5.41) is 7.88. The fourth-order valence-electron chi connectivity index (χ4n) is 1.57. The second kappa shape index (κ2) is 7.82. The van der Waals surface area contributed by atoms with Gasteiger partial charge in [-0.1, -0.05) is 0 Å². The zero-order valence-corrected chi connectivity index (χ0v) is 11.3. The number of rotatable bonds is 8. The molecule has 1 atom stereocenters. The van der Waals surface area contributed by atoms with Gasteiger partial charge in [-0.05, 0) is 62.5 Å². The van der Waals surface area contributed by atoms with Crippen LogP contribution in [-0.2, 0) is 11.2 Å². The number of ether oxygens (including phenoxy) is 1. The molecule has 0 aliphatic rings. The Morgan fingerprint density at radius 1 is 1.38 bits per heavy atom. The standard InChI is InChI=1S/C13H23NOS/c1-11(2)15-7-4-6-14-12(3)9-13-5-8-16-10-13/h5,8,10-12,14H,4,6-7,9H2,1-3H3. The van der Waals surface area contributed by atoms with Crippen molar-refractivity contribution < 1.29 is 4.74 Å². The normalized spacial score (nSPS) is 13.2. The topological polar surface area (TPSA) is 21.3 Å². The highest BCUT2D eigenvalue weighted by atomic mass is 32.1. The smallest absolute Gasteiger partial charge is 0.0518 e. The lowest BCUT2D eigenvalue weighted by molar-refractivity contribution is 0.0768. The van der Waals surface area contributed by atoms with E-state index in [1.165, 1.54) is 5.56 Å². The molecule has 3 heteroatoms. The van der Waals surface area contributed by atoms with Gasteiger partial charge in [0, 0.05) is 12.6 Å². The molecule has 0 bridgehead atoms. The molecule has 16 heavy (non-hydrogen) atoms. The third-order valence-electron chi connectivity index (χ3n) is 2.39. The first-order valence-electron chi connectivity index (χ1n) is 6.04. The van der Waals surface area contributed by atoms with Gasteiger partial charge in [0.25, 0.3) is 0 Å². The molecule has 0 saturated carbocycles. The van der Waals surface area contributed by atoms with Gasteiger partial charge in [-0.25, -0.2) is 0 Å². The first-order valence-corrected chi connectivity index (χ1v) is 6.99. The summed E-state index contributed by atoms with van der Waals surface area (Å²) in [6.45, 7) is 8.29. The van der Waals surface area contributed by atoms with Crippen molar-refractivity contribution >= 4 is 11.3 Å². The van der Waals surface area contributed by atoms with Crippen LogP contribution in [0.2, 0.25) is 0 Å². The first-order chi connectivity index (χ1) is 7.68. The van der Waals surface area contributed by atoms with Crippen molar-refractivity contribution in [1.29, 1.82) is 0 Å². The largest absolute Gasteiger partial charge is 0.379 e. The molecule has 2 nitrogen and oxygen atoms in total. The summed E-state index contributed by atoms with van der Waals surface area (Å²) in [6.07, 6.45) is 2.56. The maximum atomic E-state index is 5.49. The van der Waals surface area contributed by atoms with Gasteiger partial charge in [-0.2, -0.15) is 11.3 Å². The van der Waals surface area contributed by atoms with E-state index in [1.54, 1.807) is 11.3 Å². The van der Waals surface area contributed by atoms with Gasteiger partial charge in [0.1, 0.15) is 0 Å². The minimum Gasteiger partial charge on any atom is -0.379 e. The molecular weight excluding hydrogens is 218 g/mol. The van der Waals surface area contributed by atoms with Crippen LogP contribution >= 0.6 is 11.3 Å². The molecule has 0 saturated heterocycles. The summed E-state index contributed by atoms with van der Waals surface area (Å²) in [4.78, 5) is 0. The minimum atomic E-state index is 0.350. The van der Waals surface area contributed by atoms with Gasteiger partial charge in [0.2, 0.25) is 0 Å². The van der Waals surface area contributed by atoms with E-state index in [-0.39, 0.29) is 0 Å². The second-order valence-corrected chi connectivity index (χ2v) is 5.24. The number of thiophene rings is 1. The van der Waals surface area contributed by atoms with Gasteiger partial charge < -0.3 is 10.1 Å². The van der Waals surface area contributed by atoms with E-state index in [1.807, 2.05) is 0 Å². The van der Waals surface area contributed by atoms with Crippen LogP contribution < -0.4 is 5.32 Å². The molecule has 0 aliphatic heterocycles. The molecule has 1 rings (SSSR count). The summed E-state index contributed by atoms with van der Waals surface area (Å²) < 4.78 is 5.49. The van der Waals surface area contributed by atoms with Crippen molar-refractivity contribution in [3.63, 3.8) is 0 Å². The summed E-state index contributed by atoms with van der Waals surface area (Å²) in [7, 11) is 0. The second-order valence-electron chi connectivity index (χ2n) is 4.46. The summed E-state index contributed by atoms with van der Waals surface area (Å²) in [5.41, 5.74) is 1.43. The summed E-state index contributed by atoms with van der Waals surface area (Å²) >= 11 is 1.77. The molecule has 0 amide bonds. The van der Waals surface area contributed by atoms with Crippen molar-refractivity contribution in [2.75, 3.05) is 13.2 Å². The van der Waals surface area contributed by atoms with E-state index < -0.39 is 0 Å². The Hall–Kier alpha value is -0.380. The van der Waals surface area contributed by atoms with Crippen molar-refractivity contribution in [3.8, 4) is 0 Å². The minimum absolute atomic E-state index is 0.350. The Morgan fingerprint density at radius 3 is 2.81 bits per heavy atom. The predicted molar refractivity (Wildman–Crippen MR) is 71.2 cm³/mol. The lowest BCUT2D eigenvalue weighted by Gasteiger charge is -2.13. The molecule has 1 N–H and O–H groups in total. The Bertz CT molecular complexity index is 259. The lowest BCUT2D eigenvalue weighted by Crippen LogP contribution is -2.29. The SMILES string of the molecule is CC(Cc1ccsc1)NCCCOC(C)C. The zero-order chi connectivity index (χ0) is 11.8. The van der Waals surface area contributed by atoms with Gasteiger partial charge in [0.05, 0.1) is 6.10 Å². The van der Waals surface area contributed by atoms with Crippen LogP contribution in [0.15, 0.2) is 16.8 Å². The van der Waals surface area contributed by atoms with Crippen LogP contribution in [-0.4, -0.2) is 25.3 Å². The molecule has 1 unspecified atom stereocenters.